The van der Waals surface area contributed by atoms with E-state index >= 15 is 0 Å². The summed E-state index contributed by atoms with van der Waals surface area (Å²) in [7, 11) is 0. The Hall–Kier alpha value is -7.00. The molecule has 320 valence electrons. The lowest BCUT2D eigenvalue weighted by Gasteiger charge is -2.39. The molecule has 2 aliphatic heterocycles. The molecule has 6 heterocycles. The van der Waals surface area contributed by atoms with E-state index in [4.69, 9.17) is 26.7 Å². The number of para-hydroxylation sites is 1. The highest BCUT2D eigenvalue weighted by molar-refractivity contribution is 5.53. The summed E-state index contributed by atoms with van der Waals surface area (Å²) in [5.41, 5.74) is 31.9. The molecule has 13 nitrogen and oxygen atoms in total. The lowest BCUT2D eigenvalue weighted by atomic mass is 9.91. The predicted molar refractivity (Wildman–Crippen MR) is 240 cm³/mol. The zero-order chi connectivity index (χ0) is 43.4. The van der Waals surface area contributed by atoms with E-state index < -0.39 is 43.2 Å². The van der Waals surface area contributed by atoms with Gasteiger partial charge in [0.2, 0.25) is 6.29 Å². The molecule has 63 heavy (non-hydrogen) atoms. The van der Waals surface area contributed by atoms with E-state index in [1.54, 1.807) is 6.07 Å². The largest absolute Gasteiger partial charge is 0.462 e. The molecule has 8 bridgehead atoms. The Morgan fingerprint density at radius 3 is 1.14 bits per heavy atom. The van der Waals surface area contributed by atoms with Crippen LogP contribution in [0.15, 0.2) is 146 Å². The molecule has 4 aromatic heterocycles. The molecule has 10 rings (SSSR count). The highest BCUT2D eigenvalue weighted by atomic mass is 16.7. The second kappa shape index (κ2) is 16.4. The number of benzene rings is 4. The number of nitrogen functional groups attached to an aromatic ring is 3. The first-order valence-electron chi connectivity index (χ1n) is 21.0. The zero-order valence-electron chi connectivity index (χ0n) is 34.1. The van der Waals surface area contributed by atoms with Crippen molar-refractivity contribution in [3.05, 3.63) is 213 Å². The molecule has 1 saturated heterocycles. The number of aliphatic hydroxyl groups excluding tert-OH is 4. The van der Waals surface area contributed by atoms with Gasteiger partial charge in [0.1, 0.15) is 30.2 Å². The van der Waals surface area contributed by atoms with Crippen molar-refractivity contribution >= 4 is 17.1 Å². The fourth-order valence-corrected chi connectivity index (χ4v) is 9.33. The maximum atomic E-state index is 11.0. The van der Waals surface area contributed by atoms with Gasteiger partial charge in [-0.1, -0.05) is 54.6 Å². The van der Waals surface area contributed by atoms with Crippen molar-refractivity contribution in [2.45, 2.75) is 54.4 Å². The van der Waals surface area contributed by atoms with E-state index in [1.165, 1.54) is 0 Å². The molecule has 0 amide bonds. The third kappa shape index (κ3) is 7.45. The Labute approximate surface area is 363 Å². The van der Waals surface area contributed by atoms with E-state index in [0.717, 1.165) is 67.8 Å². The van der Waals surface area contributed by atoms with Crippen molar-refractivity contribution in [2.75, 3.05) is 23.8 Å². The minimum Gasteiger partial charge on any atom is -0.462 e. The number of aromatic amines is 4. The maximum Gasteiger partial charge on any atom is 0.229 e. The number of hydrogen-bond donors (Lipinski definition) is 11. The fourth-order valence-electron chi connectivity index (χ4n) is 9.33. The average Bonchev–Trinajstić information content (AvgIpc) is 4.15. The Kier molecular flexibility index (Phi) is 10.4. The SMILES string of the molecule is Nc1ccc(C2c3ccc([nH]3)C(c3ccc(N)cc3)c3ccc([nH]3)C(c3ccccc3O[C@@H]3O[C@@H](CO)[C@@H](O)[C@H](O)[C@@H]3O)c3ccc([nH]3)C(c3ccc(N)cc3)c3ccc2[nH]3)cc1. The zero-order valence-corrected chi connectivity index (χ0v) is 34.1. The van der Waals surface area contributed by atoms with Crippen molar-refractivity contribution < 1.29 is 29.9 Å². The van der Waals surface area contributed by atoms with Gasteiger partial charge in [-0.05, 0) is 108 Å². The van der Waals surface area contributed by atoms with E-state index in [-0.39, 0.29) is 17.8 Å². The van der Waals surface area contributed by atoms with Crippen LogP contribution in [0.3, 0.4) is 0 Å². The van der Waals surface area contributed by atoms with Gasteiger partial charge in [-0.25, -0.2) is 0 Å². The summed E-state index contributed by atoms with van der Waals surface area (Å²) in [5, 5.41) is 42.2. The minimum absolute atomic E-state index is 0.192. The molecular weight excluding hydrogens is 795 g/mol. The smallest absolute Gasteiger partial charge is 0.229 e. The van der Waals surface area contributed by atoms with Gasteiger partial charge in [-0.15, -0.1) is 0 Å². The van der Waals surface area contributed by atoms with E-state index in [9.17, 15) is 20.4 Å². The predicted octanol–water partition coefficient (Wildman–Crippen LogP) is 5.96. The van der Waals surface area contributed by atoms with Gasteiger partial charge in [0.25, 0.3) is 0 Å². The number of rotatable bonds is 7. The third-order valence-electron chi connectivity index (χ3n) is 12.5. The number of nitrogens with one attached hydrogen (secondary N) is 4. The van der Waals surface area contributed by atoms with Crippen LogP contribution in [0, 0.1) is 0 Å². The average molecular weight is 844 g/mol. The summed E-state index contributed by atoms with van der Waals surface area (Å²) in [6.45, 7) is -0.581. The molecule has 13 heteroatoms. The lowest BCUT2D eigenvalue weighted by molar-refractivity contribution is -0.277. The number of ether oxygens (including phenoxy) is 2. The monoisotopic (exact) mass is 843 g/mol. The van der Waals surface area contributed by atoms with Gasteiger partial charge in [-0.2, -0.15) is 0 Å². The number of fused-ring (bicyclic) bond motifs is 8. The van der Waals surface area contributed by atoms with E-state index in [0.29, 0.717) is 22.8 Å². The molecule has 4 aromatic carbocycles. The van der Waals surface area contributed by atoms with Crippen LogP contribution < -0.4 is 21.9 Å². The van der Waals surface area contributed by atoms with Crippen molar-refractivity contribution in [3.8, 4) is 5.75 Å². The van der Waals surface area contributed by atoms with Crippen molar-refractivity contribution in [1.82, 2.24) is 19.9 Å². The fraction of sp³-hybridized carbons (Fsp3) is 0.200. The van der Waals surface area contributed by atoms with Crippen LogP contribution >= 0.6 is 0 Å². The molecule has 7 atom stereocenters. The highest BCUT2D eigenvalue weighted by Gasteiger charge is 2.45. The van der Waals surface area contributed by atoms with Crippen LogP contribution in [-0.2, 0) is 4.74 Å². The highest BCUT2D eigenvalue weighted by Crippen LogP contribution is 2.43. The molecule has 14 N–H and O–H groups in total. The second-order valence-electron chi connectivity index (χ2n) is 16.6. The van der Waals surface area contributed by atoms with Crippen LogP contribution in [0.25, 0.3) is 0 Å². The van der Waals surface area contributed by atoms with Crippen LogP contribution in [0.5, 0.6) is 5.75 Å². The van der Waals surface area contributed by atoms with Gasteiger partial charge < -0.3 is 67.0 Å². The standard InChI is InChI=1S/C50H49N7O6/c51-29-11-5-26(6-12-29)43-33-17-19-35(54-33)44(27-7-13-30(52)14-8-27)37-21-23-39(56-37)46(32-3-1-2-4-41(32)62-50-49(61)48(60)47(59)42(25-58)63-50)40-24-22-38(57-40)45(36-20-18-34(43)55-36)28-9-15-31(53)16-10-28/h1-24,42-50,54-61H,25,51-53H2/t42-,43?,44?,45?,46?,47+,48-,49-,50+/m0/s1. The quantitative estimate of drug-likeness (QED) is 0.0848. The summed E-state index contributed by atoms with van der Waals surface area (Å²) >= 11 is 0. The van der Waals surface area contributed by atoms with Crippen molar-refractivity contribution in [3.63, 3.8) is 0 Å². The molecule has 0 spiro atoms. The summed E-state index contributed by atoms with van der Waals surface area (Å²) in [5.74, 6) is -0.835. The molecule has 2 aliphatic rings. The second-order valence-corrected chi connectivity index (χ2v) is 16.6. The molecule has 0 saturated carbocycles. The van der Waals surface area contributed by atoms with Crippen LogP contribution in [0.4, 0.5) is 17.1 Å². The first-order valence-corrected chi connectivity index (χ1v) is 21.0. The molecule has 1 fully saturated rings. The van der Waals surface area contributed by atoms with Crippen molar-refractivity contribution in [2.24, 2.45) is 0 Å². The number of anilines is 3. The number of hydrogen-bond acceptors (Lipinski definition) is 9. The summed E-state index contributed by atoms with van der Waals surface area (Å²) in [6.07, 6.45) is -7.26. The van der Waals surface area contributed by atoms with Gasteiger partial charge >= 0.3 is 0 Å². The van der Waals surface area contributed by atoms with Crippen LogP contribution in [0.2, 0.25) is 0 Å². The van der Waals surface area contributed by atoms with E-state index in [2.05, 4.69) is 80.6 Å². The lowest BCUT2D eigenvalue weighted by Crippen LogP contribution is -2.60. The van der Waals surface area contributed by atoms with Crippen LogP contribution in [0.1, 0.15) is 91.5 Å². The van der Waals surface area contributed by atoms with Gasteiger partial charge in [-0.3, -0.25) is 0 Å². The number of nitrogens with two attached hydrogens (primary N) is 3. The molecule has 0 radical (unpaired) electrons. The van der Waals surface area contributed by atoms with Gasteiger partial charge in [0, 0.05) is 68.2 Å². The summed E-state index contributed by atoms with van der Waals surface area (Å²) < 4.78 is 12.2. The Balaban J connectivity index is 1.17. The van der Waals surface area contributed by atoms with E-state index in [1.807, 2.05) is 78.9 Å². The topological polar surface area (TPSA) is 241 Å². The number of aliphatic hydroxyl groups is 4. The summed E-state index contributed by atoms with van der Waals surface area (Å²) in [4.78, 5) is 15.3. The summed E-state index contributed by atoms with van der Waals surface area (Å²) in [6, 6.07) is 48.2. The first kappa shape index (κ1) is 40.1. The van der Waals surface area contributed by atoms with Gasteiger partial charge in [0.15, 0.2) is 0 Å². The minimum atomic E-state index is -1.60. The van der Waals surface area contributed by atoms with Crippen LogP contribution in [-0.4, -0.2) is 77.7 Å². The Morgan fingerprint density at radius 2 is 0.778 bits per heavy atom. The molecule has 2 unspecified atom stereocenters. The Morgan fingerprint density at radius 1 is 0.429 bits per heavy atom. The van der Waals surface area contributed by atoms with Crippen molar-refractivity contribution in [1.29, 1.82) is 0 Å². The number of aromatic nitrogens is 4. The Bertz CT molecular complexity index is 2690. The molecular formula is C50H49N7O6. The first-order chi connectivity index (χ1) is 30.6. The molecule has 0 aliphatic carbocycles. The molecule has 8 aromatic rings. The number of H-pyrrole nitrogens is 4. The normalized spacial score (nSPS) is 24.5. The third-order valence-corrected chi connectivity index (χ3v) is 12.5. The maximum absolute atomic E-state index is 11.0. The van der Waals surface area contributed by atoms with Gasteiger partial charge in [0.05, 0.1) is 30.3 Å².